The average molecular weight is 285 g/mol. The molecule has 0 aliphatic heterocycles. The van der Waals surface area contributed by atoms with Gasteiger partial charge < -0.3 is 9.73 Å². The first kappa shape index (κ1) is 14.0. The smallest absolute Gasteiger partial charge is 0.433 e. The standard InChI is InChI=1S/C12H10F3N3O2/c1-7-5-9(12(13,14)15)18-10(17-7)6-16-11(19)8-3-2-4-20-8/h2-5H,6H2,1H3,(H,16,19). The maximum atomic E-state index is 12.6. The summed E-state index contributed by atoms with van der Waals surface area (Å²) in [7, 11) is 0. The SMILES string of the molecule is Cc1cc(C(F)(F)F)nc(CNC(=O)c2ccco2)n1. The Balaban J connectivity index is 2.10. The van der Waals surface area contributed by atoms with Gasteiger partial charge in [-0.3, -0.25) is 4.79 Å². The van der Waals surface area contributed by atoms with Crippen LogP contribution in [0.5, 0.6) is 0 Å². The zero-order valence-electron chi connectivity index (χ0n) is 10.4. The van der Waals surface area contributed by atoms with Crippen molar-refractivity contribution in [2.75, 3.05) is 0 Å². The normalized spacial score (nSPS) is 11.4. The maximum Gasteiger partial charge on any atom is 0.433 e. The molecule has 5 nitrogen and oxygen atoms in total. The van der Waals surface area contributed by atoms with E-state index in [4.69, 9.17) is 4.42 Å². The summed E-state index contributed by atoms with van der Waals surface area (Å²) in [4.78, 5) is 18.8. The summed E-state index contributed by atoms with van der Waals surface area (Å²) in [5.41, 5.74) is -0.859. The molecule has 106 valence electrons. The molecule has 0 atom stereocenters. The molecule has 0 aromatic carbocycles. The van der Waals surface area contributed by atoms with E-state index in [9.17, 15) is 18.0 Å². The van der Waals surface area contributed by atoms with Crippen molar-refractivity contribution < 1.29 is 22.4 Å². The van der Waals surface area contributed by atoms with Crippen molar-refractivity contribution in [1.82, 2.24) is 15.3 Å². The molecular formula is C12H10F3N3O2. The summed E-state index contributed by atoms with van der Waals surface area (Å²) < 4.78 is 42.6. The number of nitrogens with one attached hydrogen (secondary N) is 1. The van der Waals surface area contributed by atoms with Crippen molar-refractivity contribution in [3.05, 3.63) is 47.4 Å². The Morgan fingerprint density at radius 3 is 2.75 bits per heavy atom. The summed E-state index contributed by atoms with van der Waals surface area (Å²) >= 11 is 0. The third kappa shape index (κ3) is 3.34. The number of aryl methyl sites for hydroxylation is 1. The van der Waals surface area contributed by atoms with E-state index in [1.165, 1.54) is 25.3 Å². The highest BCUT2D eigenvalue weighted by molar-refractivity contribution is 5.91. The Bertz CT molecular complexity index is 609. The lowest BCUT2D eigenvalue weighted by Gasteiger charge is -2.09. The predicted molar refractivity (Wildman–Crippen MR) is 61.6 cm³/mol. The molecule has 0 aliphatic rings. The number of furan rings is 1. The van der Waals surface area contributed by atoms with Crippen LogP contribution in [0.15, 0.2) is 28.9 Å². The van der Waals surface area contributed by atoms with Crippen LogP contribution < -0.4 is 5.32 Å². The number of carbonyl (C=O) groups excluding carboxylic acids is 1. The Hall–Kier alpha value is -2.38. The Morgan fingerprint density at radius 1 is 1.40 bits per heavy atom. The first-order valence-electron chi connectivity index (χ1n) is 5.60. The third-order valence-electron chi connectivity index (χ3n) is 2.34. The van der Waals surface area contributed by atoms with E-state index >= 15 is 0 Å². The van der Waals surface area contributed by atoms with E-state index in [0.717, 1.165) is 6.07 Å². The lowest BCUT2D eigenvalue weighted by atomic mass is 10.3. The van der Waals surface area contributed by atoms with Gasteiger partial charge in [0.25, 0.3) is 5.91 Å². The number of aromatic nitrogens is 2. The van der Waals surface area contributed by atoms with Crippen LogP contribution in [-0.2, 0) is 12.7 Å². The van der Waals surface area contributed by atoms with Gasteiger partial charge in [0.2, 0.25) is 0 Å². The number of hydrogen-bond acceptors (Lipinski definition) is 4. The summed E-state index contributed by atoms with van der Waals surface area (Å²) in [6, 6.07) is 3.81. The van der Waals surface area contributed by atoms with Gasteiger partial charge in [-0.1, -0.05) is 0 Å². The fraction of sp³-hybridized carbons (Fsp3) is 0.250. The zero-order valence-corrected chi connectivity index (χ0v) is 10.4. The molecule has 8 heteroatoms. The molecule has 1 N–H and O–H groups in total. The van der Waals surface area contributed by atoms with Crippen molar-refractivity contribution in [3.63, 3.8) is 0 Å². The van der Waals surface area contributed by atoms with Crippen LogP contribution in [0.25, 0.3) is 0 Å². The van der Waals surface area contributed by atoms with E-state index in [2.05, 4.69) is 15.3 Å². The molecule has 2 aromatic rings. The fourth-order valence-electron chi connectivity index (χ4n) is 1.51. The van der Waals surface area contributed by atoms with Gasteiger partial charge in [0, 0.05) is 5.69 Å². The minimum absolute atomic E-state index is 0.0636. The third-order valence-corrected chi connectivity index (χ3v) is 2.34. The van der Waals surface area contributed by atoms with Crippen molar-refractivity contribution in [2.24, 2.45) is 0 Å². The monoisotopic (exact) mass is 285 g/mol. The first-order valence-corrected chi connectivity index (χ1v) is 5.60. The Labute approximate surface area is 111 Å². The van der Waals surface area contributed by atoms with E-state index in [-0.39, 0.29) is 23.8 Å². The highest BCUT2D eigenvalue weighted by atomic mass is 19.4. The van der Waals surface area contributed by atoms with Crippen LogP contribution in [0, 0.1) is 6.92 Å². The molecule has 2 heterocycles. The Morgan fingerprint density at radius 2 is 2.15 bits per heavy atom. The van der Waals surface area contributed by atoms with Crippen LogP contribution in [0.4, 0.5) is 13.2 Å². The van der Waals surface area contributed by atoms with Crippen LogP contribution in [0.3, 0.4) is 0 Å². The molecule has 2 aromatic heterocycles. The number of alkyl halides is 3. The van der Waals surface area contributed by atoms with Crippen molar-refractivity contribution in [3.8, 4) is 0 Å². The van der Waals surface area contributed by atoms with Crippen molar-refractivity contribution in [2.45, 2.75) is 19.6 Å². The van der Waals surface area contributed by atoms with Crippen LogP contribution in [0.1, 0.15) is 27.8 Å². The second-order valence-electron chi connectivity index (χ2n) is 3.97. The second-order valence-corrected chi connectivity index (χ2v) is 3.97. The summed E-state index contributed by atoms with van der Waals surface area (Å²) in [5.74, 6) is -0.598. The van der Waals surface area contributed by atoms with Gasteiger partial charge in [-0.25, -0.2) is 9.97 Å². The molecule has 0 saturated carbocycles. The topological polar surface area (TPSA) is 68.0 Å². The first-order chi connectivity index (χ1) is 9.36. The largest absolute Gasteiger partial charge is 0.459 e. The second kappa shape index (κ2) is 5.32. The van der Waals surface area contributed by atoms with Crippen LogP contribution in [0.2, 0.25) is 0 Å². The highest BCUT2D eigenvalue weighted by Gasteiger charge is 2.33. The van der Waals surface area contributed by atoms with E-state index in [1.54, 1.807) is 0 Å². The van der Waals surface area contributed by atoms with E-state index in [0.29, 0.717) is 0 Å². The number of rotatable bonds is 3. The molecular weight excluding hydrogens is 275 g/mol. The lowest BCUT2D eigenvalue weighted by molar-refractivity contribution is -0.141. The predicted octanol–water partition coefficient (Wildman–Crippen LogP) is 2.33. The van der Waals surface area contributed by atoms with E-state index in [1.807, 2.05) is 0 Å². The molecule has 0 bridgehead atoms. The molecule has 20 heavy (non-hydrogen) atoms. The van der Waals surface area contributed by atoms with Crippen LogP contribution in [-0.4, -0.2) is 15.9 Å². The number of carbonyl (C=O) groups is 1. The summed E-state index contributed by atoms with van der Waals surface area (Å²) in [6.07, 6.45) is -3.23. The van der Waals surface area contributed by atoms with Gasteiger partial charge >= 0.3 is 6.18 Å². The van der Waals surface area contributed by atoms with Gasteiger partial charge in [0.05, 0.1) is 12.8 Å². The Kier molecular flexibility index (Phi) is 3.73. The van der Waals surface area contributed by atoms with Gasteiger partial charge in [-0.05, 0) is 25.1 Å². The van der Waals surface area contributed by atoms with Gasteiger partial charge in [0.1, 0.15) is 11.5 Å². The minimum atomic E-state index is -4.55. The minimum Gasteiger partial charge on any atom is -0.459 e. The zero-order chi connectivity index (χ0) is 14.8. The molecule has 0 radical (unpaired) electrons. The van der Waals surface area contributed by atoms with Crippen LogP contribution >= 0.6 is 0 Å². The summed E-state index contributed by atoms with van der Waals surface area (Å²) in [6.45, 7) is 1.21. The van der Waals surface area contributed by atoms with Gasteiger partial charge in [0.15, 0.2) is 5.76 Å². The molecule has 0 aliphatic carbocycles. The number of halogens is 3. The lowest BCUT2D eigenvalue weighted by Crippen LogP contribution is -2.24. The molecule has 0 fully saturated rings. The van der Waals surface area contributed by atoms with Crippen molar-refractivity contribution >= 4 is 5.91 Å². The average Bonchev–Trinajstić information content (AvgIpc) is 2.88. The maximum absolute atomic E-state index is 12.6. The van der Waals surface area contributed by atoms with Gasteiger partial charge in [-0.15, -0.1) is 0 Å². The number of nitrogens with zero attached hydrogens (tertiary/aromatic N) is 2. The molecule has 0 saturated heterocycles. The number of hydrogen-bond donors (Lipinski definition) is 1. The quantitative estimate of drug-likeness (QED) is 0.939. The molecule has 2 rings (SSSR count). The fourth-order valence-corrected chi connectivity index (χ4v) is 1.51. The molecule has 0 spiro atoms. The summed E-state index contributed by atoms with van der Waals surface area (Å²) in [5, 5.41) is 2.38. The van der Waals surface area contributed by atoms with Crippen molar-refractivity contribution in [1.29, 1.82) is 0 Å². The molecule has 1 amide bonds. The number of amides is 1. The van der Waals surface area contributed by atoms with E-state index < -0.39 is 17.8 Å². The highest BCUT2D eigenvalue weighted by Crippen LogP contribution is 2.27. The van der Waals surface area contributed by atoms with Gasteiger partial charge in [-0.2, -0.15) is 13.2 Å². The molecule has 0 unspecified atom stereocenters.